The van der Waals surface area contributed by atoms with Gasteiger partial charge < -0.3 is 5.11 Å². The van der Waals surface area contributed by atoms with Gasteiger partial charge in [-0.2, -0.15) is 0 Å². The average Bonchev–Trinajstić information content (AvgIpc) is 2.75. The Morgan fingerprint density at radius 2 is 2.00 bits per heavy atom. The monoisotopic (exact) mass is 318 g/mol. The summed E-state index contributed by atoms with van der Waals surface area (Å²) in [6.07, 6.45) is 0. The van der Waals surface area contributed by atoms with Crippen LogP contribution in [0.25, 0.3) is 22.3 Å². The van der Waals surface area contributed by atoms with Crippen molar-refractivity contribution in [2.45, 2.75) is 13.8 Å². The van der Waals surface area contributed by atoms with Gasteiger partial charge in [0.15, 0.2) is 0 Å². The van der Waals surface area contributed by atoms with Crippen molar-refractivity contribution in [1.29, 1.82) is 0 Å². The van der Waals surface area contributed by atoms with Crippen LogP contribution in [-0.4, -0.2) is 21.0 Å². The van der Waals surface area contributed by atoms with E-state index in [1.807, 2.05) is 13.8 Å². The third kappa shape index (κ3) is 2.50. The largest absolute Gasteiger partial charge is 0.478 e. The summed E-state index contributed by atoms with van der Waals surface area (Å²) in [6.45, 7) is 3.86. The van der Waals surface area contributed by atoms with Gasteiger partial charge in [0.1, 0.15) is 5.69 Å². The Morgan fingerprint density at radius 1 is 1.24 bits per heavy atom. The summed E-state index contributed by atoms with van der Waals surface area (Å²) < 4.78 is 0. The predicted octanol–water partition coefficient (Wildman–Crippen LogP) is 4.33. The highest BCUT2D eigenvalue weighted by Gasteiger charge is 2.16. The van der Waals surface area contributed by atoms with Crippen molar-refractivity contribution >= 4 is 39.8 Å². The molecular weight excluding hydrogens is 308 g/mol. The molecule has 0 bridgehead atoms. The number of halogens is 1. The first-order valence-corrected chi connectivity index (χ1v) is 7.43. The van der Waals surface area contributed by atoms with Crippen molar-refractivity contribution in [2.75, 3.05) is 0 Å². The van der Waals surface area contributed by atoms with E-state index in [0.29, 0.717) is 21.6 Å². The number of thiazole rings is 1. The third-order valence-corrected chi connectivity index (χ3v) is 4.27. The maximum Gasteiger partial charge on any atom is 0.336 e. The molecule has 0 radical (unpaired) electrons. The minimum atomic E-state index is -0.990. The van der Waals surface area contributed by atoms with Crippen molar-refractivity contribution in [2.24, 2.45) is 0 Å². The number of aromatic nitrogens is 2. The van der Waals surface area contributed by atoms with Crippen molar-refractivity contribution < 1.29 is 9.90 Å². The van der Waals surface area contributed by atoms with Gasteiger partial charge in [-0.15, -0.1) is 11.3 Å². The number of hydrogen-bond acceptors (Lipinski definition) is 4. The zero-order valence-corrected chi connectivity index (χ0v) is 12.9. The Labute approximate surface area is 130 Å². The molecular formula is C15H11ClN2O2S. The first kappa shape index (κ1) is 14.0. The molecule has 2 heterocycles. The molecule has 6 heteroatoms. The molecule has 2 aromatic heterocycles. The van der Waals surface area contributed by atoms with E-state index in [1.165, 1.54) is 0 Å². The number of carbonyl (C=O) groups is 1. The summed E-state index contributed by atoms with van der Waals surface area (Å²) in [5.74, 6) is -0.990. The number of carboxylic acid groups (broad SMARTS) is 1. The van der Waals surface area contributed by atoms with E-state index in [9.17, 15) is 9.90 Å². The number of benzene rings is 1. The van der Waals surface area contributed by atoms with Crippen LogP contribution in [0.5, 0.6) is 0 Å². The lowest BCUT2D eigenvalue weighted by molar-refractivity contribution is 0.0699. The van der Waals surface area contributed by atoms with Gasteiger partial charge >= 0.3 is 5.97 Å². The van der Waals surface area contributed by atoms with Crippen molar-refractivity contribution in [3.05, 3.63) is 44.7 Å². The first-order chi connectivity index (χ1) is 9.95. The minimum absolute atomic E-state index is 0.205. The molecule has 1 N–H and O–H groups in total. The topological polar surface area (TPSA) is 63.1 Å². The van der Waals surface area contributed by atoms with Gasteiger partial charge in [0.05, 0.1) is 21.8 Å². The molecule has 21 heavy (non-hydrogen) atoms. The van der Waals surface area contributed by atoms with Crippen molar-refractivity contribution in [1.82, 2.24) is 9.97 Å². The zero-order chi connectivity index (χ0) is 15.1. The number of pyridine rings is 1. The molecule has 0 fully saturated rings. The standard InChI is InChI=1S/C15H11ClN2O2S/c1-7-14(17-8(2)21-7)13-6-11(15(19)20)10-4-3-9(16)5-12(10)18-13/h3-6H,1-2H3,(H,19,20). The maximum atomic E-state index is 11.5. The van der Waals surface area contributed by atoms with Crippen LogP contribution < -0.4 is 0 Å². The molecule has 4 nitrogen and oxygen atoms in total. The fourth-order valence-electron chi connectivity index (χ4n) is 2.27. The second-order valence-corrected chi connectivity index (χ2v) is 6.50. The Kier molecular flexibility index (Phi) is 3.39. The summed E-state index contributed by atoms with van der Waals surface area (Å²) in [4.78, 5) is 21.5. The second kappa shape index (κ2) is 5.09. The van der Waals surface area contributed by atoms with E-state index in [2.05, 4.69) is 9.97 Å². The minimum Gasteiger partial charge on any atom is -0.478 e. The highest BCUT2D eigenvalue weighted by molar-refractivity contribution is 7.11. The summed E-state index contributed by atoms with van der Waals surface area (Å²) in [5, 5.41) is 11.4. The highest BCUT2D eigenvalue weighted by atomic mass is 35.5. The average molecular weight is 319 g/mol. The number of nitrogens with zero attached hydrogens (tertiary/aromatic N) is 2. The van der Waals surface area contributed by atoms with Gasteiger partial charge in [0, 0.05) is 15.3 Å². The second-order valence-electron chi connectivity index (χ2n) is 4.66. The third-order valence-electron chi connectivity index (χ3n) is 3.15. The van der Waals surface area contributed by atoms with Gasteiger partial charge in [-0.25, -0.2) is 14.8 Å². The fourth-order valence-corrected chi connectivity index (χ4v) is 3.26. The summed E-state index contributed by atoms with van der Waals surface area (Å²) in [5.41, 5.74) is 2.05. The number of carboxylic acids is 1. The molecule has 0 atom stereocenters. The van der Waals surface area contributed by atoms with Gasteiger partial charge in [-0.1, -0.05) is 17.7 Å². The lowest BCUT2D eigenvalue weighted by atomic mass is 10.1. The molecule has 0 spiro atoms. The summed E-state index contributed by atoms with van der Waals surface area (Å²) in [6, 6.07) is 6.58. The molecule has 0 unspecified atom stereocenters. The van der Waals surface area contributed by atoms with E-state index in [-0.39, 0.29) is 5.56 Å². The molecule has 1 aromatic carbocycles. The van der Waals surface area contributed by atoms with E-state index < -0.39 is 5.97 Å². The zero-order valence-electron chi connectivity index (χ0n) is 11.3. The van der Waals surface area contributed by atoms with Crippen LogP contribution in [0, 0.1) is 13.8 Å². The number of rotatable bonds is 2. The van der Waals surface area contributed by atoms with E-state index in [0.717, 1.165) is 15.6 Å². The number of hydrogen-bond donors (Lipinski definition) is 1. The van der Waals surface area contributed by atoms with Crippen molar-refractivity contribution in [3.63, 3.8) is 0 Å². The normalized spacial score (nSPS) is 11.0. The molecule has 0 aliphatic carbocycles. The molecule has 106 valence electrons. The van der Waals surface area contributed by atoms with Gasteiger partial charge in [-0.3, -0.25) is 0 Å². The van der Waals surface area contributed by atoms with Gasteiger partial charge in [-0.05, 0) is 32.0 Å². The van der Waals surface area contributed by atoms with Crippen LogP contribution in [0.3, 0.4) is 0 Å². The Morgan fingerprint density at radius 3 is 2.62 bits per heavy atom. The molecule has 0 saturated heterocycles. The number of fused-ring (bicyclic) bond motifs is 1. The fraction of sp³-hybridized carbons (Fsp3) is 0.133. The Hall–Kier alpha value is -1.98. The Balaban J connectivity index is 2.34. The quantitative estimate of drug-likeness (QED) is 0.764. The SMILES string of the molecule is Cc1nc(-c2cc(C(=O)O)c3ccc(Cl)cc3n2)c(C)s1. The molecule has 0 aliphatic rings. The summed E-state index contributed by atoms with van der Waals surface area (Å²) >= 11 is 7.55. The van der Waals surface area contributed by atoms with Crippen LogP contribution >= 0.6 is 22.9 Å². The number of aryl methyl sites for hydroxylation is 2. The summed E-state index contributed by atoms with van der Waals surface area (Å²) in [7, 11) is 0. The van der Waals surface area contributed by atoms with Crippen LogP contribution in [0.4, 0.5) is 0 Å². The van der Waals surface area contributed by atoms with E-state index in [1.54, 1.807) is 35.6 Å². The Bertz CT molecular complexity index is 873. The molecule has 3 rings (SSSR count). The van der Waals surface area contributed by atoms with Crippen LogP contribution in [-0.2, 0) is 0 Å². The van der Waals surface area contributed by atoms with Gasteiger partial charge in [0.2, 0.25) is 0 Å². The molecule has 0 amide bonds. The van der Waals surface area contributed by atoms with Crippen LogP contribution in [0.2, 0.25) is 5.02 Å². The van der Waals surface area contributed by atoms with E-state index >= 15 is 0 Å². The predicted molar refractivity (Wildman–Crippen MR) is 84.3 cm³/mol. The smallest absolute Gasteiger partial charge is 0.336 e. The van der Waals surface area contributed by atoms with Crippen LogP contribution in [0.15, 0.2) is 24.3 Å². The lowest BCUT2D eigenvalue weighted by Gasteiger charge is -2.06. The van der Waals surface area contributed by atoms with Crippen LogP contribution in [0.1, 0.15) is 20.2 Å². The highest BCUT2D eigenvalue weighted by Crippen LogP contribution is 2.30. The number of aromatic carboxylic acids is 1. The lowest BCUT2D eigenvalue weighted by Crippen LogP contribution is -2.00. The molecule has 3 aromatic rings. The molecule has 0 saturated carbocycles. The maximum absolute atomic E-state index is 11.5. The van der Waals surface area contributed by atoms with E-state index in [4.69, 9.17) is 11.6 Å². The first-order valence-electron chi connectivity index (χ1n) is 6.23. The van der Waals surface area contributed by atoms with Crippen molar-refractivity contribution in [3.8, 4) is 11.4 Å². The van der Waals surface area contributed by atoms with Gasteiger partial charge in [0.25, 0.3) is 0 Å². The molecule has 0 aliphatic heterocycles.